The van der Waals surface area contributed by atoms with Crippen molar-refractivity contribution in [3.05, 3.63) is 28.2 Å². The first-order valence-electron chi connectivity index (χ1n) is 5.56. The second-order valence-electron chi connectivity index (χ2n) is 4.00. The number of aromatic nitrogens is 2. The summed E-state index contributed by atoms with van der Waals surface area (Å²) in [6.07, 6.45) is 1.61. The molecule has 1 heterocycles. The van der Waals surface area contributed by atoms with E-state index >= 15 is 0 Å². The third kappa shape index (κ3) is 5.18. The first-order valence-corrected chi connectivity index (χ1v) is 7.41. The molecule has 0 bridgehead atoms. The SMILES string of the molecule is CN(CCCNC(=O)c1ccc(=O)[nH]n1)S(C)(=O)=O. The number of carbonyl (C=O) groups is 1. The van der Waals surface area contributed by atoms with E-state index in [-0.39, 0.29) is 11.3 Å². The third-order valence-electron chi connectivity index (χ3n) is 2.41. The number of nitrogens with zero attached hydrogens (tertiary/aromatic N) is 2. The standard InChI is InChI=1S/C10H16N4O4S/c1-14(19(2,17)18)7-3-6-11-10(16)8-4-5-9(15)13-12-8/h4-5H,3,6-7H2,1-2H3,(H,11,16)(H,13,15). The van der Waals surface area contributed by atoms with Gasteiger partial charge in [0.2, 0.25) is 10.0 Å². The second-order valence-corrected chi connectivity index (χ2v) is 6.09. The minimum absolute atomic E-state index is 0.107. The van der Waals surface area contributed by atoms with E-state index in [1.54, 1.807) is 0 Å². The average Bonchev–Trinajstić information content (AvgIpc) is 2.33. The van der Waals surface area contributed by atoms with E-state index in [2.05, 4.69) is 15.5 Å². The number of nitrogens with one attached hydrogen (secondary N) is 2. The molecule has 0 unspecified atom stereocenters. The summed E-state index contributed by atoms with van der Waals surface area (Å²) in [5.41, 5.74) is -0.276. The number of amides is 1. The normalized spacial score (nSPS) is 11.5. The summed E-state index contributed by atoms with van der Waals surface area (Å²) in [7, 11) is -1.72. The molecule has 1 aromatic rings. The first-order chi connectivity index (χ1) is 8.80. The lowest BCUT2D eigenvalue weighted by molar-refractivity contribution is 0.0946. The Hall–Kier alpha value is -1.74. The second kappa shape index (κ2) is 6.43. The van der Waals surface area contributed by atoms with Crippen molar-refractivity contribution in [1.82, 2.24) is 19.8 Å². The minimum atomic E-state index is -3.19. The molecule has 0 saturated heterocycles. The van der Waals surface area contributed by atoms with E-state index in [1.807, 2.05) is 0 Å². The van der Waals surface area contributed by atoms with Gasteiger partial charge in [-0.15, -0.1) is 0 Å². The third-order valence-corrected chi connectivity index (χ3v) is 3.73. The fourth-order valence-corrected chi connectivity index (χ4v) is 1.69. The Morgan fingerprint density at radius 2 is 2.16 bits per heavy atom. The van der Waals surface area contributed by atoms with Crippen LogP contribution in [0.4, 0.5) is 0 Å². The molecule has 0 atom stereocenters. The molecule has 0 radical (unpaired) electrons. The molecule has 8 nitrogen and oxygen atoms in total. The number of hydrogen-bond acceptors (Lipinski definition) is 5. The van der Waals surface area contributed by atoms with Crippen LogP contribution in [-0.2, 0) is 10.0 Å². The molecule has 0 aliphatic rings. The van der Waals surface area contributed by atoms with Gasteiger partial charge >= 0.3 is 0 Å². The van der Waals surface area contributed by atoms with E-state index in [9.17, 15) is 18.0 Å². The van der Waals surface area contributed by atoms with Gasteiger partial charge in [-0.3, -0.25) is 9.59 Å². The fourth-order valence-electron chi connectivity index (χ4n) is 1.23. The molecule has 1 amide bonds. The average molecular weight is 288 g/mol. The van der Waals surface area contributed by atoms with Gasteiger partial charge in [-0.2, -0.15) is 5.10 Å². The van der Waals surface area contributed by atoms with Gasteiger partial charge in [0, 0.05) is 26.2 Å². The van der Waals surface area contributed by atoms with Gasteiger partial charge in [0.25, 0.3) is 11.5 Å². The van der Waals surface area contributed by atoms with Crippen LogP contribution in [0.5, 0.6) is 0 Å². The smallest absolute Gasteiger partial charge is 0.271 e. The van der Waals surface area contributed by atoms with E-state index in [0.29, 0.717) is 19.5 Å². The van der Waals surface area contributed by atoms with Crippen molar-refractivity contribution in [2.45, 2.75) is 6.42 Å². The van der Waals surface area contributed by atoms with Gasteiger partial charge in [0.05, 0.1) is 6.26 Å². The maximum Gasteiger partial charge on any atom is 0.271 e. The summed E-state index contributed by atoms with van der Waals surface area (Å²) >= 11 is 0. The van der Waals surface area contributed by atoms with Gasteiger partial charge in [-0.25, -0.2) is 17.8 Å². The van der Waals surface area contributed by atoms with E-state index in [4.69, 9.17) is 0 Å². The molecule has 0 fully saturated rings. The highest BCUT2D eigenvalue weighted by atomic mass is 32.2. The van der Waals surface area contributed by atoms with Crippen LogP contribution in [0.25, 0.3) is 0 Å². The van der Waals surface area contributed by atoms with Crippen molar-refractivity contribution in [3.8, 4) is 0 Å². The van der Waals surface area contributed by atoms with Gasteiger partial charge < -0.3 is 5.32 Å². The Balaban J connectivity index is 2.36. The molecular formula is C10H16N4O4S. The summed E-state index contributed by atoms with van der Waals surface area (Å²) < 4.78 is 23.4. The quantitative estimate of drug-likeness (QED) is 0.637. The molecule has 1 aromatic heterocycles. The Bertz CT molecular complexity index is 575. The van der Waals surface area contributed by atoms with Gasteiger partial charge in [0.1, 0.15) is 5.69 Å². The van der Waals surface area contributed by atoms with Crippen molar-refractivity contribution in [1.29, 1.82) is 0 Å². The van der Waals surface area contributed by atoms with Crippen molar-refractivity contribution in [3.63, 3.8) is 0 Å². The molecule has 0 spiro atoms. The lowest BCUT2D eigenvalue weighted by Crippen LogP contribution is -2.31. The Labute approximate surface area is 110 Å². The van der Waals surface area contributed by atoms with E-state index < -0.39 is 15.9 Å². The summed E-state index contributed by atoms with van der Waals surface area (Å²) in [6.45, 7) is 0.637. The van der Waals surface area contributed by atoms with Gasteiger partial charge in [-0.1, -0.05) is 0 Å². The molecule has 0 aliphatic carbocycles. The topological polar surface area (TPSA) is 112 Å². The lowest BCUT2D eigenvalue weighted by atomic mass is 10.3. The number of H-pyrrole nitrogens is 1. The Kier molecular flexibility index (Phi) is 5.19. The van der Waals surface area contributed by atoms with Crippen molar-refractivity contribution in [2.75, 3.05) is 26.4 Å². The molecule has 106 valence electrons. The minimum Gasteiger partial charge on any atom is -0.351 e. The zero-order valence-corrected chi connectivity index (χ0v) is 11.5. The summed E-state index contributed by atoms with van der Waals surface area (Å²) in [4.78, 5) is 22.3. The number of rotatable bonds is 6. The maximum atomic E-state index is 11.6. The Morgan fingerprint density at radius 3 is 2.68 bits per heavy atom. The monoisotopic (exact) mass is 288 g/mol. The predicted molar refractivity (Wildman–Crippen MR) is 69.3 cm³/mol. The molecule has 2 N–H and O–H groups in total. The zero-order chi connectivity index (χ0) is 14.5. The molecule has 1 rings (SSSR count). The highest BCUT2D eigenvalue weighted by Crippen LogP contribution is 1.94. The Morgan fingerprint density at radius 1 is 1.47 bits per heavy atom. The fraction of sp³-hybridized carbons (Fsp3) is 0.500. The lowest BCUT2D eigenvalue weighted by Gasteiger charge is -2.13. The van der Waals surface area contributed by atoms with Crippen molar-refractivity contribution >= 4 is 15.9 Å². The van der Waals surface area contributed by atoms with Crippen LogP contribution in [0.1, 0.15) is 16.9 Å². The molecule has 0 aliphatic heterocycles. The van der Waals surface area contributed by atoms with Gasteiger partial charge in [0.15, 0.2) is 0 Å². The van der Waals surface area contributed by atoms with Crippen molar-refractivity contribution < 1.29 is 13.2 Å². The summed E-state index contributed by atoms with van der Waals surface area (Å²) in [5, 5.41) is 8.31. The summed E-state index contributed by atoms with van der Waals surface area (Å²) in [5.74, 6) is -0.418. The molecule has 19 heavy (non-hydrogen) atoms. The summed E-state index contributed by atoms with van der Waals surface area (Å²) in [6, 6.07) is 2.52. The number of aromatic amines is 1. The zero-order valence-electron chi connectivity index (χ0n) is 10.7. The molecular weight excluding hydrogens is 272 g/mol. The first kappa shape index (κ1) is 15.3. The van der Waals surface area contributed by atoms with E-state index in [0.717, 1.165) is 6.26 Å². The van der Waals surface area contributed by atoms with Crippen LogP contribution in [0.15, 0.2) is 16.9 Å². The highest BCUT2D eigenvalue weighted by molar-refractivity contribution is 7.88. The van der Waals surface area contributed by atoms with Crippen molar-refractivity contribution in [2.24, 2.45) is 0 Å². The number of carbonyl (C=O) groups excluding carboxylic acids is 1. The van der Waals surface area contributed by atoms with Crippen LogP contribution < -0.4 is 10.9 Å². The number of sulfonamides is 1. The largest absolute Gasteiger partial charge is 0.351 e. The predicted octanol–water partition coefficient (Wildman–Crippen LogP) is -1.22. The molecule has 0 saturated carbocycles. The maximum absolute atomic E-state index is 11.6. The van der Waals surface area contributed by atoms with Crippen LogP contribution in [0.3, 0.4) is 0 Å². The molecule has 0 aromatic carbocycles. The molecule has 9 heteroatoms. The van der Waals surface area contributed by atoms with Crippen LogP contribution >= 0.6 is 0 Å². The highest BCUT2D eigenvalue weighted by Gasteiger charge is 2.10. The van der Waals surface area contributed by atoms with Crippen LogP contribution in [0, 0.1) is 0 Å². The van der Waals surface area contributed by atoms with Crippen LogP contribution in [-0.4, -0.2) is 55.2 Å². The van der Waals surface area contributed by atoms with Gasteiger partial charge in [-0.05, 0) is 12.5 Å². The van der Waals surface area contributed by atoms with Crippen LogP contribution in [0.2, 0.25) is 0 Å². The van der Waals surface area contributed by atoms with E-state index in [1.165, 1.54) is 23.5 Å². The number of hydrogen-bond donors (Lipinski definition) is 2.